The van der Waals surface area contributed by atoms with Crippen LogP contribution in [0.4, 0.5) is 0 Å². The number of benzene rings is 2. The topological polar surface area (TPSA) is 55.6 Å². The summed E-state index contributed by atoms with van der Waals surface area (Å²) in [6.45, 7) is 1.55. The van der Waals surface area contributed by atoms with Crippen molar-refractivity contribution in [3.8, 4) is 0 Å². The van der Waals surface area contributed by atoms with E-state index in [0.29, 0.717) is 19.8 Å². The van der Waals surface area contributed by atoms with Crippen LogP contribution in [-0.4, -0.2) is 31.0 Å². The van der Waals surface area contributed by atoms with Gasteiger partial charge >= 0.3 is 0 Å². The van der Waals surface area contributed by atoms with Crippen molar-refractivity contribution in [2.45, 2.75) is 12.6 Å². The number of carbonyl (C=O) groups is 1. The summed E-state index contributed by atoms with van der Waals surface area (Å²) in [7, 11) is 1.75. The number of likely N-dealkylation sites (N-methyl/N-ethyl adjacent to an activating group) is 1. The van der Waals surface area contributed by atoms with Crippen LogP contribution >= 0.6 is 12.4 Å². The number of ether oxygens (including phenoxy) is 1. The molecule has 4 nitrogen and oxygen atoms in total. The second-order valence-electron chi connectivity index (χ2n) is 5.19. The van der Waals surface area contributed by atoms with Crippen LogP contribution in [0, 0.1) is 0 Å². The Morgan fingerprint density at radius 2 is 1.65 bits per heavy atom. The second kappa shape index (κ2) is 10.0. The molecule has 0 aliphatic carbocycles. The highest BCUT2D eigenvalue weighted by atomic mass is 35.5. The van der Waals surface area contributed by atoms with E-state index in [9.17, 15) is 4.79 Å². The maximum absolute atomic E-state index is 12.3. The summed E-state index contributed by atoms with van der Waals surface area (Å²) in [6, 6.07) is 18.7. The molecule has 2 rings (SSSR count). The monoisotopic (exact) mass is 334 g/mol. The van der Waals surface area contributed by atoms with Crippen molar-refractivity contribution in [1.82, 2.24) is 4.90 Å². The van der Waals surface area contributed by atoms with Gasteiger partial charge < -0.3 is 15.4 Å². The SMILES string of the molecule is CN(CCOCc1ccccc1)C(=O)C(N)c1ccccc1.Cl. The van der Waals surface area contributed by atoms with E-state index in [2.05, 4.69) is 0 Å². The number of nitrogens with zero attached hydrogens (tertiary/aromatic N) is 1. The average Bonchev–Trinajstić information content (AvgIpc) is 2.59. The molecule has 0 aliphatic heterocycles. The molecule has 124 valence electrons. The lowest BCUT2D eigenvalue weighted by Crippen LogP contribution is -2.37. The quantitative estimate of drug-likeness (QED) is 0.792. The number of hydrogen-bond acceptors (Lipinski definition) is 3. The predicted molar refractivity (Wildman–Crippen MR) is 94.4 cm³/mol. The molecule has 0 aliphatic rings. The smallest absolute Gasteiger partial charge is 0.243 e. The van der Waals surface area contributed by atoms with Gasteiger partial charge in [-0.15, -0.1) is 12.4 Å². The zero-order valence-corrected chi connectivity index (χ0v) is 14.0. The van der Waals surface area contributed by atoms with Crippen LogP contribution in [0.15, 0.2) is 60.7 Å². The first kappa shape index (κ1) is 19.2. The van der Waals surface area contributed by atoms with Crippen molar-refractivity contribution in [1.29, 1.82) is 0 Å². The fraction of sp³-hybridized carbons (Fsp3) is 0.278. The Hall–Kier alpha value is -1.88. The van der Waals surface area contributed by atoms with Gasteiger partial charge in [0.15, 0.2) is 0 Å². The first-order valence-electron chi connectivity index (χ1n) is 7.35. The molecular weight excluding hydrogens is 312 g/mol. The molecule has 5 heteroatoms. The van der Waals surface area contributed by atoms with Crippen LogP contribution in [0.1, 0.15) is 17.2 Å². The van der Waals surface area contributed by atoms with Crippen molar-refractivity contribution in [3.05, 3.63) is 71.8 Å². The zero-order valence-electron chi connectivity index (χ0n) is 13.2. The summed E-state index contributed by atoms with van der Waals surface area (Å²) >= 11 is 0. The minimum absolute atomic E-state index is 0. The van der Waals surface area contributed by atoms with Gasteiger partial charge in [-0.25, -0.2) is 0 Å². The lowest BCUT2D eigenvalue weighted by atomic mass is 10.1. The van der Waals surface area contributed by atoms with Crippen molar-refractivity contribution in [2.24, 2.45) is 5.73 Å². The number of nitrogens with two attached hydrogens (primary N) is 1. The van der Waals surface area contributed by atoms with Crippen LogP contribution in [0.25, 0.3) is 0 Å². The summed E-state index contributed by atoms with van der Waals surface area (Å²) in [4.78, 5) is 13.9. The van der Waals surface area contributed by atoms with Crippen molar-refractivity contribution in [3.63, 3.8) is 0 Å². The average molecular weight is 335 g/mol. The van der Waals surface area contributed by atoms with E-state index in [1.165, 1.54) is 0 Å². The summed E-state index contributed by atoms with van der Waals surface area (Å²) < 4.78 is 5.59. The van der Waals surface area contributed by atoms with E-state index in [4.69, 9.17) is 10.5 Å². The van der Waals surface area contributed by atoms with Gasteiger partial charge in [0.25, 0.3) is 0 Å². The van der Waals surface area contributed by atoms with E-state index in [1.807, 2.05) is 60.7 Å². The van der Waals surface area contributed by atoms with E-state index in [1.54, 1.807) is 11.9 Å². The van der Waals surface area contributed by atoms with Gasteiger partial charge in [0.1, 0.15) is 6.04 Å². The van der Waals surface area contributed by atoms with Crippen LogP contribution in [0.5, 0.6) is 0 Å². The molecule has 0 spiro atoms. The van der Waals surface area contributed by atoms with Crippen LogP contribution in [0.2, 0.25) is 0 Å². The normalized spacial score (nSPS) is 11.4. The van der Waals surface area contributed by atoms with Crippen molar-refractivity contribution >= 4 is 18.3 Å². The van der Waals surface area contributed by atoms with Crippen molar-refractivity contribution in [2.75, 3.05) is 20.2 Å². The Balaban J connectivity index is 0.00000264. The molecule has 1 unspecified atom stereocenters. The highest BCUT2D eigenvalue weighted by Gasteiger charge is 2.19. The highest BCUT2D eigenvalue weighted by molar-refractivity contribution is 5.85. The molecular formula is C18H23ClN2O2. The van der Waals surface area contributed by atoms with Gasteiger partial charge in [0.2, 0.25) is 5.91 Å². The predicted octanol–water partition coefficient (Wildman–Crippen LogP) is 2.78. The molecule has 1 amide bonds. The Kier molecular flexibility index (Phi) is 8.33. The van der Waals surface area contributed by atoms with Gasteiger partial charge in [-0.1, -0.05) is 60.7 Å². The summed E-state index contributed by atoms with van der Waals surface area (Å²) in [6.07, 6.45) is 0. The van der Waals surface area contributed by atoms with Gasteiger partial charge in [0, 0.05) is 13.6 Å². The lowest BCUT2D eigenvalue weighted by Gasteiger charge is -2.21. The minimum Gasteiger partial charge on any atom is -0.375 e. The Morgan fingerprint density at radius 1 is 1.09 bits per heavy atom. The zero-order chi connectivity index (χ0) is 15.8. The molecule has 0 saturated heterocycles. The van der Waals surface area contributed by atoms with E-state index >= 15 is 0 Å². The summed E-state index contributed by atoms with van der Waals surface area (Å²) in [5.74, 6) is -0.102. The summed E-state index contributed by atoms with van der Waals surface area (Å²) in [5.41, 5.74) is 7.95. The van der Waals surface area contributed by atoms with Crippen molar-refractivity contribution < 1.29 is 9.53 Å². The largest absolute Gasteiger partial charge is 0.375 e. The molecule has 0 fully saturated rings. The third-order valence-corrected chi connectivity index (χ3v) is 3.48. The third kappa shape index (κ3) is 6.02. The molecule has 0 bridgehead atoms. The van der Waals surface area contributed by atoms with E-state index in [0.717, 1.165) is 11.1 Å². The lowest BCUT2D eigenvalue weighted by molar-refractivity contribution is -0.132. The fourth-order valence-electron chi connectivity index (χ4n) is 2.12. The van der Waals surface area contributed by atoms with E-state index < -0.39 is 6.04 Å². The molecule has 0 saturated carbocycles. The summed E-state index contributed by atoms with van der Waals surface area (Å²) in [5, 5.41) is 0. The molecule has 1 atom stereocenters. The number of hydrogen-bond donors (Lipinski definition) is 1. The molecule has 23 heavy (non-hydrogen) atoms. The number of halogens is 1. The fourth-order valence-corrected chi connectivity index (χ4v) is 2.12. The Labute approximate surface area is 143 Å². The molecule has 2 aromatic carbocycles. The van der Waals surface area contributed by atoms with Gasteiger partial charge in [0.05, 0.1) is 13.2 Å². The van der Waals surface area contributed by atoms with Gasteiger partial charge in [-0.3, -0.25) is 4.79 Å². The number of rotatable bonds is 7. The Morgan fingerprint density at radius 3 is 2.26 bits per heavy atom. The van der Waals surface area contributed by atoms with E-state index in [-0.39, 0.29) is 18.3 Å². The first-order chi connectivity index (χ1) is 10.7. The van der Waals surface area contributed by atoms with Crippen LogP contribution in [-0.2, 0) is 16.1 Å². The first-order valence-corrected chi connectivity index (χ1v) is 7.35. The van der Waals surface area contributed by atoms with Crippen LogP contribution in [0.3, 0.4) is 0 Å². The number of amides is 1. The molecule has 0 radical (unpaired) electrons. The highest BCUT2D eigenvalue weighted by Crippen LogP contribution is 2.12. The minimum atomic E-state index is -0.625. The number of carbonyl (C=O) groups excluding carboxylic acids is 1. The molecule has 2 aromatic rings. The molecule has 0 aromatic heterocycles. The second-order valence-corrected chi connectivity index (χ2v) is 5.19. The maximum atomic E-state index is 12.3. The third-order valence-electron chi connectivity index (χ3n) is 3.48. The van der Waals surface area contributed by atoms with Gasteiger partial charge in [-0.05, 0) is 11.1 Å². The maximum Gasteiger partial charge on any atom is 0.243 e. The molecule has 2 N–H and O–H groups in total. The van der Waals surface area contributed by atoms with Crippen LogP contribution < -0.4 is 5.73 Å². The standard InChI is InChI=1S/C18H22N2O2.ClH/c1-20(12-13-22-14-15-8-4-2-5-9-15)18(21)17(19)16-10-6-3-7-11-16;/h2-11,17H,12-14,19H2,1H3;1H. The van der Waals surface area contributed by atoms with Gasteiger partial charge in [-0.2, -0.15) is 0 Å². The Bertz CT molecular complexity index is 578. The molecule has 0 heterocycles.